The lowest BCUT2D eigenvalue weighted by molar-refractivity contribution is -0.870. The van der Waals surface area contributed by atoms with E-state index in [1.165, 1.54) is 0 Å². The maximum Gasteiger partial charge on any atom is 0.472 e. The standard InChI is InChI=1S/C24H35F17NO4P/c1-42(2,3)14-16-46-47(43,44)45-15-12-10-8-6-4-5-7-9-11-13-17(25,26)18(27,28)19(29,30)20(31,32)21(33,34)22(35,36)23(37,38)24(39,40)41/h4-16H2,1-3H3/p+1. The van der Waals surface area contributed by atoms with E-state index < -0.39 is 74.7 Å². The van der Waals surface area contributed by atoms with Crippen LogP contribution in [0.5, 0.6) is 0 Å². The van der Waals surface area contributed by atoms with Crippen molar-refractivity contribution in [2.24, 2.45) is 0 Å². The predicted molar refractivity (Wildman–Crippen MR) is 131 cm³/mol. The molecular formula is C24H36F17NO4P+. The molecule has 5 nitrogen and oxygen atoms in total. The molecule has 0 aliphatic heterocycles. The second-order valence-corrected chi connectivity index (χ2v) is 13.2. The minimum Gasteiger partial charge on any atom is -0.329 e. The van der Waals surface area contributed by atoms with E-state index in [2.05, 4.69) is 0 Å². The summed E-state index contributed by atoms with van der Waals surface area (Å²) in [5, 5.41) is 0. The molecule has 0 radical (unpaired) electrons. The first-order chi connectivity index (χ1) is 20.7. The molecule has 0 spiro atoms. The smallest absolute Gasteiger partial charge is 0.329 e. The fraction of sp³-hybridized carbons (Fsp3) is 1.00. The number of alkyl halides is 17. The lowest BCUT2D eigenvalue weighted by Gasteiger charge is -2.42. The molecule has 1 unspecified atom stereocenters. The largest absolute Gasteiger partial charge is 0.472 e. The minimum atomic E-state index is -8.62. The van der Waals surface area contributed by atoms with Crippen LogP contribution in [0.15, 0.2) is 0 Å². The Morgan fingerprint density at radius 2 is 0.809 bits per heavy atom. The average molecular weight is 756 g/mol. The van der Waals surface area contributed by atoms with Crippen LogP contribution in [-0.4, -0.2) is 97.9 Å². The number of quaternary nitrogens is 1. The molecule has 284 valence electrons. The van der Waals surface area contributed by atoms with Crippen LogP contribution >= 0.6 is 7.82 Å². The maximum absolute atomic E-state index is 13.9. The Balaban J connectivity index is 4.86. The lowest BCUT2D eigenvalue weighted by Crippen LogP contribution is -2.74. The van der Waals surface area contributed by atoms with Crippen molar-refractivity contribution in [3.8, 4) is 0 Å². The molecule has 0 aromatic heterocycles. The van der Waals surface area contributed by atoms with Crippen molar-refractivity contribution >= 4 is 7.82 Å². The molecule has 1 atom stereocenters. The number of rotatable bonds is 23. The SMILES string of the molecule is C[N+](C)(C)CCOP(=O)(O)OCCCCCCCCCCCC(F)(F)C(F)(F)C(F)(F)C(F)(F)C(F)(F)C(F)(F)C(F)(F)C(F)(F)F. The highest BCUT2D eigenvalue weighted by atomic mass is 31.2. The molecule has 0 aliphatic rings. The Morgan fingerprint density at radius 3 is 1.19 bits per heavy atom. The van der Waals surface area contributed by atoms with Gasteiger partial charge in [0.15, 0.2) is 0 Å². The molecule has 0 saturated carbocycles. The minimum absolute atomic E-state index is 0.0214. The molecule has 0 rings (SSSR count). The summed E-state index contributed by atoms with van der Waals surface area (Å²) in [6.45, 7) is 0.298. The van der Waals surface area contributed by atoms with Crippen molar-refractivity contribution in [1.82, 2.24) is 0 Å². The molecule has 1 N–H and O–H groups in total. The molecular weight excluding hydrogens is 720 g/mol. The third kappa shape index (κ3) is 10.9. The summed E-state index contributed by atoms with van der Waals surface area (Å²) < 4.78 is 248. The van der Waals surface area contributed by atoms with Crippen molar-refractivity contribution in [2.45, 2.75) is 112 Å². The molecule has 0 bridgehead atoms. The van der Waals surface area contributed by atoms with E-state index >= 15 is 0 Å². The van der Waals surface area contributed by atoms with Gasteiger partial charge in [-0.05, 0) is 12.8 Å². The summed E-state index contributed by atoms with van der Waals surface area (Å²) in [6.07, 6.45) is -9.18. The molecule has 0 fully saturated rings. The third-order valence-electron chi connectivity index (χ3n) is 6.69. The van der Waals surface area contributed by atoms with Gasteiger partial charge >= 0.3 is 55.5 Å². The van der Waals surface area contributed by atoms with Gasteiger partial charge in [0.25, 0.3) is 0 Å². The molecule has 0 aromatic rings. The quantitative estimate of drug-likeness (QED) is 0.0489. The third-order valence-corrected chi connectivity index (χ3v) is 7.71. The van der Waals surface area contributed by atoms with Gasteiger partial charge in [-0.3, -0.25) is 9.05 Å². The topological polar surface area (TPSA) is 55.8 Å². The van der Waals surface area contributed by atoms with Gasteiger partial charge in [-0.15, -0.1) is 0 Å². The van der Waals surface area contributed by atoms with Crippen molar-refractivity contribution in [3.05, 3.63) is 0 Å². The highest BCUT2D eigenvalue weighted by Gasteiger charge is 2.95. The number of phosphoric acid groups is 1. The number of phosphoric ester groups is 1. The number of halogens is 17. The van der Waals surface area contributed by atoms with Gasteiger partial charge in [-0.2, -0.15) is 74.6 Å². The van der Waals surface area contributed by atoms with Crippen molar-refractivity contribution in [2.75, 3.05) is 40.9 Å². The van der Waals surface area contributed by atoms with Gasteiger partial charge in [-0.25, -0.2) is 4.57 Å². The molecule has 0 saturated heterocycles. The van der Waals surface area contributed by atoms with Crippen molar-refractivity contribution < 1.29 is 97.6 Å². The summed E-state index contributed by atoms with van der Waals surface area (Å²) >= 11 is 0. The van der Waals surface area contributed by atoms with Gasteiger partial charge in [0.05, 0.1) is 27.7 Å². The first-order valence-corrected chi connectivity index (χ1v) is 15.3. The molecule has 0 aliphatic carbocycles. The zero-order chi connectivity index (χ0) is 37.6. The van der Waals surface area contributed by atoms with E-state index in [9.17, 15) is 84.1 Å². The van der Waals surface area contributed by atoms with E-state index in [1.807, 2.05) is 21.1 Å². The summed E-state index contributed by atoms with van der Waals surface area (Å²) in [4.78, 5) is 9.57. The number of unbranched alkanes of at least 4 members (excludes halogenated alkanes) is 8. The Kier molecular flexibility index (Phi) is 15.5. The summed E-state index contributed by atoms with van der Waals surface area (Å²) in [5.74, 6) is -56.0. The van der Waals surface area contributed by atoms with Gasteiger partial charge in [-0.1, -0.05) is 44.9 Å². The Morgan fingerprint density at radius 1 is 0.489 bits per heavy atom. The Hall–Kier alpha value is -1.12. The lowest BCUT2D eigenvalue weighted by atomic mass is 9.87. The predicted octanol–water partition coefficient (Wildman–Crippen LogP) is 9.74. The summed E-state index contributed by atoms with van der Waals surface area (Å²) in [5.41, 5.74) is 0. The Labute approximate surface area is 258 Å². The second-order valence-electron chi connectivity index (χ2n) is 11.7. The van der Waals surface area contributed by atoms with Crippen LogP contribution in [0.4, 0.5) is 74.6 Å². The molecule has 23 heteroatoms. The van der Waals surface area contributed by atoms with Crippen LogP contribution in [-0.2, 0) is 13.6 Å². The number of hydrogen-bond acceptors (Lipinski definition) is 3. The van der Waals surface area contributed by atoms with Crippen LogP contribution in [0.1, 0.15) is 64.2 Å². The van der Waals surface area contributed by atoms with E-state index in [4.69, 9.17) is 9.05 Å². The molecule has 0 amide bonds. The van der Waals surface area contributed by atoms with Gasteiger partial charge in [0.1, 0.15) is 13.2 Å². The summed E-state index contributed by atoms with van der Waals surface area (Å²) in [6, 6.07) is 0. The normalized spacial score (nSPS) is 16.4. The van der Waals surface area contributed by atoms with Gasteiger partial charge in [0, 0.05) is 6.42 Å². The first kappa shape index (κ1) is 45.9. The monoisotopic (exact) mass is 756 g/mol. The molecule has 0 heterocycles. The average Bonchev–Trinajstić information content (AvgIpc) is 2.86. The van der Waals surface area contributed by atoms with Crippen molar-refractivity contribution in [3.63, 3.8) is 0 Å². The maximum atomic E-state index is 13.9. The zero-order valence-corrected chi connectivity index (χ0v) is 26.1. The van der Waals surface area contributed by atoms with Crippen LogP contribution in [0.3, 0.4) is 0 Å². The van der Waals surface area contributed by atoms with Crippen LogP contribution in [0, 0.1) is 0 Å². The van der Waals surface area contributed by atoms with Crippen molar-refractivity contribution in [1.29, 1.82) is 0 Å². The van der Waals surface area contributed by atoms with Gasteiger partial charge < -0.3 is 9.38 Å². The summed E-state index contributed by atoms with van der Waals surface area (Å²) in [7, 11) is 1.27. The Bertz CT molecular complexity index is 1020. The highest BCUT2D eigenvalue weighted by Crippen LogP contribution is 2.64. The fourth-order valence-electron chi connectivity index (χ4n) is 3.69. The fourth-order valence-corrected chi connectivity index (χ4v) is 4.43. The second kappa shape index (κ2) is 15.8. The van der Waals surface area contributed by atoms with E-state index in [1.54, 1.807) is 0 Å². The first-order valence-electron chi connectivity index (χ1n) is 13.8. The van der Waals surface area contributed by atoms with E-state index in [0.29, 0.717) is 43.1 Å². The highest BCUT2D eigenvalue weighted by molar-refractivity contribution is 7.47. The van der Waals surface area contributed by atoms with Crippen LogP contribution < -0.4 is 0 Å². The number of nitrogens with zero attached hydrogens (tertiary/aromatic N) is 1. The zero-order valence-electron chi connectivity index (χ0n) is 25.2. The van der Waals surface area contributed by atoms with E-state index in [-0.39, 0.29) is 26.1 Å². The molecule has 47 heavy (non-hydrogen) atoms. The van der Waals surface area contributed by atoms with Crippen LogP contribution in [0.25, 0.3) is 0 Å². The van der Waals surface area contributed by atoms with Gasteiger partial charge in [0.2, 0.25) is 0 Å². The molecule has 0 aromatic carbocycles. The van der Waals surface area contributed by atoms with Crippen LogP contribution in [0.2, 0.25) is 0 Å². The van der Waals surface area contributed by atoms with E-state index in [0.717, 1.165) is 0 Å². The number of likely N-dealkylation sites (N-methyl/N-ethyl adjacent to an activating group) is 1. The number of hydrogen-bond donors (Lipinski definition) is 1.